The van der Waals surface area contributed by atoms with Gasteiger partial charge in [0.05, 0.1) is 0 Å². The molecule has 0 aromatic carbocycles. The lowest BCUT2D eigenvalue weighted by atomic mass is 9.98. The Morgan fingerprint density at radius 3 is 2.69 bits per heavy atom. The summed E-state index contributed by atoms with van der Waals surface area (Å²) in [5.74, 6) is 1.92. The molecule has 1 saturated carbocycles. The molecule has 1 rings (SSSR count). The molecule has 2 heteroatoms. The predicted molar refractivity (Wildman–Crippen MR) is 57.9 cm³/mol. The lowest BCUT2D eigenvalue weighted by Crippen LogP contribution is -2.32. The van der Waals surface area contributed by atoms with Crippen LogP contribution in [0.15, 0.2) is 0 Å². The van der Waals surface area contributed by atoms with Crippen LogP contribution in [-0.2, 0) is 0 Å². The van der Waals surface area contributed by atoms with Crippen LogP contribution in [0.2, 0.25) is 0 Å². The second kappa shape index (κ2) is 5.61. The summed E-state index contributed by atoms with van der Waals surface area (Å²) in [6.07, 6.45) is 4.35. The summed E-state index contributed by atoms with van der Waals surface area (Å²) >= 11 is 0. The van der Waals surface area contributed by atoms with Crippen molar-refractivity contribution in [2.24, 2.45) is 11.8 Å². The highest BCUT2D eigenvalue weighted by atomic mass is 15.1. The van der Waals surface area contributed by atoms with E-state index < -0.39 is 0 Å². The van der Waals surface area contributed by atoms with Crippen LogP contribution in [-0.4, -0.2) is 38.6 Å². The predicted octanol–water partition coefficient (Wildman–Crippen LogP) is 1.57. The molecule has 0 bridgehead atoms. The second-order valence-corrected chi connectivity index (χ2v) is 4.53. The Balaban J connectivity index is 2.15. The number of likely N-dealkylation sites (N-methyl/N-ethyl adjacent to an activating group) is 2. The van der Waals surface area contributed by atoms with E-state index >= 15 is 0 Å². The quantitative estimate of drug-likeness (QED) is 0.698. The number of nitrogens with one attached hydrogen (secondary N) is 1. The van der Waals surface area contributed by atoms with Crippen molar-refractivity contribution in [2.75, 3.05) is 33.7 Å². The Morgan fingerprint density at radius 2 is 2.15 bits per heavy atom. The van der Waals surface area contributed by atoms with Gasteiger partial charge in [0.15, 0.2) is 0 Å². The van der Waals surface area contributed by atoms with Gasteiger partial charge in [0.2, 0.25) is 0 Å². The Kier molecular flexibility index (Phi) is 4.74. The summed E-state index contributed by atoms with van der Waals surface area (Å²) in [4.78, 5) is 2.46. The summed E-state index contributed by atoms with van der Waals surface area (Å²) in [5.41, 5.74) is 0. The maximum Gasteiger partial charge on any atom is 0.0104 e. The largest absolute Gasteiger partial charge is 0.318 e. The van der Waals surface area contributed by atoms with Gasteiger partial charge < -0.3 is 10.2 Å². The zero-order valence-electron chi connectivity index (χ0n) is 9.34. The molecule has 2 atom stereocenters. The number of hydrogen-bond acceptors (Lipinski definition) is 2. The smallest absolute Gasteiger partial charge is 0.0104 e. The molecule has 0 saturated heterocycles. The fraction of sp³-hybridized carbons (Fsp3) is 1.00. The highest BCUT2D eigenvalue weighted by molar-refractivity contribution is 4.76. The zero-order chi connectivity index (χ0) is 9.68. The average Bonchev–Trinajstić information content (AvgIpc) is 2.48. The molecule has 0 aromatic rings. The van der Waals surface area contributed by atoms with Gasteiger partial charge in [0.25, 0.3) is 0 Å². The van der Waals surface area contributed by atoms with Crippen molar-refractivity contribution in [1.29, 1.82) is 0 Å². The van der Waals surface area contributed by atoms with Gasteiger partial charge in [-0.05, 0) is 32.4 Å². The van der Waals surface area contributed by atoms with Crippen molar-refractivity contribution in [2.45, 2.75) is 26.2 Å². The number of hydrogen-bond donors (Lipinski definition) is 1. The summed E-state index contributed by atoms with van der Waals surface area (Å²) in [6.45, 7) is 5.99. The van der Waals surface area contributed by atoms with Gasteiger partial charge in [-0.1, -0.05) is 19.8 Å². The van der Waals surface area contributed by atoms with Gasteiger partial charge in [-0.3, -0.25) is 0 Å². The van der Waals surface area contributed by atoms with E-state index in [2.05, 4.69) is 24.2 Å². The maximum absolute atomic E-state index is 3.19. The van der Waals surface area contributed by atoms with Crippen LogP contribution in [0.25, 0.3) is 0 Å². The van der Waals surface area contributed by atoms with Crippen molar-refractivity contribution in [1.82, 2.24) is 10.2 Å². The SMILES string of the molecule is CNCCN(C)CC1CCCC1C. The topological polar surface area (TPSA) is 15.3 Å². The second-order valence-electron chi connectivity index (χ2n) is 4.53. The summed E-state index contributed by atoms with van der Waals surface area (Å²) in [7, 11) is 4.26. The van der Waals surface area contributed by atoms with Crippen LogP contribution in [0.5, 0.6) is 0 Å². The van der Waals surface area contributed by atoms with E-state index in [9.17, 15) is 0 Å². The minimum absolute atomic E-state index is 0.956. The maximum atomic E-state index is 3.19. The van der Waals surface area contributed by atoms with E-state index in [0.29, 0.717) is 0 Å². The molecule has 78 valence electrons. The molecular formula is C11H24N2. The van der Waals surface area contributed by atoms with E-state index in [1.54, 1.807) is 0 Å². The van der Waals surface area contributed by atoms with Crippen LogP contribution in [0.1, 0.15) is 26.2 Å². The van der Waals surface area contributed by atoms with Gasteiger partial charge in [-0.25, -0.2) is 0 Å². The summed E-state index contributed by atoms with van der Waals surface area (Å²) in [6, 6.07) is 0. The lowest BCUT2D eigenvalue weighted by Gasteiger charge is -2.23. The van der Waals surface area contributed by atoms with Crippen molar-refractivity contribution in [3.05, 3.63) is 0 Å². The standard InChI is InChI=1S/C11H24N2/c1-10-5-4-6-11(10)9-13(3)8-7-12-2/h10-12H,4-9H2,1-3H3. The fourth-order valence-electron chi connectivity index (χ4n) is 2.29. The highest BCUT2D eigenvalue weighted by Crippen LogP contribution is 2.31. The molecule has 0 aliphatic heterocycles. The molecular weight excluding hydrogens is 160 g/mol. The number of rotatable bonds is 5. The molecule has 13 heavy (non-hydrogen) atoms. The van der Waals surface area contributed by atoms with Gasteiger partial charge in [0, 0.05) is 19.6 Å². The van der Waals surface area contributed by atoms with Crippen molar-refractivity contribution >= 4 is 0 Å². The van der Waals surface area contributed by atoms with E-state index in [0.717, 1.165) is 18.4 Å². The number of nitrogens with zero attached hydrogens (tertiary/aromatic N) is 1. The third kappa shape index (κ3) is 3.65. The normalized spacial score (nSPS) is 28.6. The van der Waals surface area contributed by atoms with Crippen LogP contribution in [0.3, 0.4) is 0 Å². The van der Waals surface area contributed by atoms with E-state index in [1.807, 2.05) is 7.05 Å². The lowest BCUT2D eigenvalue weighted by molar-refractivity contribution is 0.249. The molecule has 2 unspecified atom stereocenters. The Hall–Kier alpha value is -0.0800. The molecule has 1 N–H and O–H groups in total. The molecule has 2 nitrogen and oxygen atoms in total. The van der Waals surface area contributed by atoms with Gasteiger partial charge in [0.1, 0.15) is 0 Å². The third-order valence-electron chi connectivity index (χ3n) is 3.33. The Morgan fingerprint density at radius 1 is 1.38 bits per heavy atom. The molecule has 1 aliphatic carbocycles. The van der Waals surface area contributed by atoms with Gasteiger partial charge >= 0.3 is 0 Å². The van der Waals surface area contributed by atoms with Crippen molar-refractivity contribution in [3.63, 3.8) is 0 Å². The molecule has 0 radical (unpaired) electrons. The highest BCUT2D eigenvalue weighted by Gasteiger charge is 2.23. The van der Waals surface area contributed by atoms with E-state index in [1.165, 1.54) is 32.4 Å². The first-order valence-electron chi connectivity index (χ1n) is 5.57. The first-order chi connectivity index (χ1) is 6.24. The van der Waals surface area contributed by atoms with Crippen LogP contribution < -0.4 is 5.32 Å². The average molecular weight is 184 g/mol. The van der Waals surface area contributed by atoms with Crippen LogP contribution >= 0.6 is 0 Å². The monoisotopic (exact) mass is 184 g/mol. The molecule has 0 spiro atoms. The van der Waals surface area contributed by atoms with E-state index in [4.69, 9.17) is 0 Å². The first kappa shape index (κ1) is 11.0. The summed E-state index contributed by atoms with van der Waals surface area (Å²) < 4.78 is 0. The molecule has 0 aromatic heterocycles. The van der Waals surface area contributed by atoms with Crippen molar-refractivity contribution in [3.8, 4) is 0 Å². The summed E-state index contributed by atoms with van der Waals surface area (Å²) in [5, 5.41) is 3.19. The van der Waals surface area contributed by atoms with Gasteiger partial charge in [-0.2, -0.15) is 0 Å². The molecule has 0 heterocycles. The fourth-order valence-corrected chi connectivity index (χ4v) is 2.29. The minimum atomic E-state index is 0.956. The van der Waals surface area contributed by atoms with Crippen molar-refractivity contribution < 1.29 is 0 Å². The Bertz CT molecular complexity index is 136. The first-order valence-corrected chi connectivity index (χ1v) is 5.57. The molecule has 1 aliphatic rings. The minimum Gasteiger partial charge on any atom is -0.318 e. The van der Waals surface area contributed by atoms with E-state index in [-0.39, 0.29) is 0 Å². The molecule has 0 amide bonds. The third-order valence-corrected chi connectivity index (χ3v) is 3.33. The van der Waals surface area contributed by atoms with Gasteiger partial charge in [-0.15, -0.1) is 0 Å². The Labute approximate surface area is 82.7 Å². The van der Waals surface area contributed by atoms with Crippen LogP contribution in [0, 0.1) is 11.8 Å². The molecule has 1 fully saturated rings. The van der Waals surface area contributed by atoms with Crippen LogP contribution in [0.4, 0.5) is 0 Å². The zero-order valence-corrected chi connectivity index (χ0v) is 9.34.